The van der Waals surface area contributed by atoms with Gasteiger partial charge in [-0.3, -0.25) is 4.90 Å². The van der Waals surface area contributed by atoms with Crippen LogP contribution in [0.4, 0.5) is 5.69 Å². The highest BCUT2D eigenvalue weighted by atomic mass is 16.5. The molecular weight excluding hydrogens is 376 g/mol. The van der Waals surface area contributed by atoms with E-state index in [1.165, 1.54) is 24.0 Å². The van der Waals surface area contributed by atoms with Crippen LogP contribution < -0.4 is 10.1 Å². The SMILES string of the molecule is COc1cc(NCCCCCCN2CCC(O)CC2CO)cc(C2=CCCC=C2)c1. The van der Waals surface area contributed by atoms with Crippen molar-refractivity contribution in [2.75, 3.05) is 38.7 Å². The van der Waals surface area contributed by atoms with Crippen molar-refractivity contribution in [3.8, 4) is 5.75 Å². The monoisotopic (exact) mass is 414 g/mol. The lowest BCUT2D eigenvalue weighted by Gasteiger charge is -2.36. The highest BCUT2D eigenvalue weighted by Gasteiger charge is 2.26. The first-order chi connectivity index (χ1) is 14.7. The minimum Gasteiger partial charge on any atom is -0.497 e. The molecule has 3 rings (SSSR count). The highest BCUT2D eigenvalue weighted by molar-refractivity contribution is 5.77. The fourth-order valence-corrected chi connectivity index (χ4v) is 4.40. The van der Waals surface area contributed by atoms with E-state index in [1.54, 1.807) is 7.11 Å². The van der Waals surface area contributed by atoms with Crippen molar-refractivity contribution in [3.05, 3.63) is 42.0 Å². The molecule has 5 heteroatoms. The fraction of sp³-hybridized carbons (Fsp3) is 0.600. The number of aliphatic hydroxyl groups is 2. The quantitative estimate of drug-likeness (QED) is 0.473. The van der Waals surface area contributed by atoms with Crippen LogP contribution in [0.25, 0.3) is 5.57 Å². The molecule has 0 amide bonds. The first-order valence-electron chi connectivity index (χ1n) is 11.5. The number of unbranched alkanes of at least 4 members (excludes halogenated alkanes) is 3. The summed E-state index contributed by atoms with van der Waals surface area (Å²) in [5, 5.41) is 22.8. The lowest BCUT2D eigenvalue weighted by molar-refractivity contribution is 0.0163. The van der Waals surface area contributed by atoms with E-state index >= 15 is 0 Å². The van der Waals surface area contributed by atoms with Crippen LogP contribution in [0.1, 0.15) is 56.9 Å². The molecule has 2 unspecified atom stereocenters. The lowest BCUT2D eigenvalue weighted by atomic mass is 9.99. The predicted octanol–water partition coefficient (Wildman–Crippen LogP) is 4.22. The average Bonchev–Trinajstić information content (AvgIpc) is 2.79. The summed E-state index contributed by atoms with van der Waals surface area (Å²) < 4.78 is 5.50. The standard InChI is InChI=1S/C25H38N2O3/c1-30-25-16-21(20-9-5-4-6-10-20)15-22(17-25)26-12-7-2-3-8-13-27-14-11-24(29)18-23(27)19-28/h5,9-10,15-17,23-24,26,28-29H,2-4,6-8,11-14,18-19H2,1H3. The van der Waals surface area contributed by atoms with Crippen molar-refractivity contribution < 1.29 is 14.9 Å². The highest BCUT2D eigenvalue weighted by Crippen LogP contribution is 2.28. The molecule has 1 saturated heterocycles. The van der Waals surface area contributed by atoms with Crippen molar-refractivity contribution in [3.63, 3.8) is 0 Å². The third-order valence-electron chi connectivity index (χ3n) is 6.19. The number of nitrogens with zero attached hydrogens (tertiary/aromatic N) is 1. The molecule has 0 aromatic heterocycles. The smallest absolute Gasteiger partial charge is 0.121 e. The molecule has 2 aliphatic rings. The number of hydrogen-bond donors (Lipinski definition) is 3. The Hall–Kier alpha value is -1.82. The largest absolute Gasteiger partial charge is 0.497 e. The summed E-state index contributed by atoms with van der Waals surface area (Å²) in [7, 11) is 1.72. The second kappa shape index (κ2) is 12.1. The lowest BCUT2D eigenvalue weighted by Crippen LogP contribution is -2.46. The molecule has 1 aliphatic heterocycles. The number of ether oxygens (including phenoxy) is 1. The molecule has 0 spiro atoms. The summed E-state index contributed by atoms with van der Waals surface area (Å²) in [4.78, 5) is 2.34. The second-order valence-corrected chi connectivity index (χ2v) is 8.48. The minimum atomic E-state index is -0.243. The summed E-state index contributed by atoms with van der Waals surface area (Å²) in [5.41, 5.74) is 3.59. The Morgan fingerprint density at radius 3 is 2.77 bits per heavy atom. The van der Waals surface area contributed by atoms with Crippen molar-refractivity contribution >= 4 is 11.3 Å². The third kappa shape index (κ3) is 6.86. The number of methoxy groups -OCH3 is 1. The summed E-state index contributed by atoms with van der Waals surface area (Å²) in [6, 6.07) is 6.51. The predicted molar refractivity (Wildman–Crippen MR) is 124 cm³/mol. The van der Waals surface area contributed by atoms with Gasteiger partial charge in [-0.25, -0.2) is 0 Å². The van der Waals surface area contributed by atoms with Crippen molar-refractivity contribution in [2.24, 2.45) is 0 Å². The first kappa shape index (κ1) is 22.9. The van der Waals surface area contributed by atoms with E-state index in [4.69, 9.17) is 4.74 Å². The number of likely N-dealkylation sites (tertiary alicyclic amines) is 1. The van der Waals surface area contributed by atoms with Gasteiger partial charge in [-0.2, -0.15) is 0 Å². The number of rotatable bonds is 11. The molecule has 0 bridgehead atoms. The van der Waals surface area contributed by atoms with Gasteiger partial charge in [-0.05, 0) is 68.3 Å². The average molecular weight is 415 g/mol. The maximum atomic E-state index is 9.76. The molecule has 2 atom stereocenters. The number of hydrogen-bond acceptors (Lipinski definition) is 5. The van der Waals surface area contributed by atoms with E-state index in [2.05, 4.69) is 46.6 Å². The topological polar surface area (TPSA) is 65.0 Å². The van der Waals surface area contributed by atoms with E-state index in [1.807, 2.05) is 0 Å². The minimum absolute atomic E-state index is 0.131. The van der Waals surface area contributed by atoms with Crippen LogP contribution in [0.15, 0.2) is 36.4 Å². The second-order valence-electron chi connectivity index (χ2n) is 8.48. The summed E-state index contributed by atoms with van der Waals surface area (Å²) in [6.07, 6.45) is 14.9. The Kier molecular flexibility index (Phi) is 9.25. The number of allylic oxidation sites excluding steroid dienone is 4. The van der Waals surface area contributed by atoms with Crippen molar-refractivity contribution in [1.29, 1.82) is 0 Å². The Morgan fingerprint density at radius 2 is 2.00 bits per heavy atom. The Labute approximate surface area is 181 Å². The molecule has 166 valence electrons. The molecule has 1 aromatic carbocycles. The van der Waals surface area contributed by atoms with Crippen LogP contribution in [0.5, 0.6) is 5.75 Å². The van der Waals surface area contributed by atoms with Gasteiger partial charge in [0.25, 0.3) is 0 Å². The Morgan fingerprint density at radius 1 is 1.13 bits per heavy atom. The van der Waals surface area contributed by atoms with E-state index in [-0.39, 0.29) is 18.8 Å². The molecule has 1 fully saturated rings. The van der Waals surface area contributed by atoms with Crippen LogP contribution in [0.3, 0.4) is 0 Å². The van der Waals surface area contributed by atoms with Gasteiger partial charge in [0.2, 0.25) is 0 Å². The molecular formula is C25H38N2O3. The summed E-state index contributed by atoms with van der Waals surface area (Å²) >= 11 is 0. The number of aliphatic hydroxyl groups excluding tert-OH is 2. The zero-order valence-electron chi connectivity index (χ0n) is 18.4. The summed E-state index contributed by atoms with van der Waals surface area (Å²) in [6.45, 7) is 3.03. The van der Waals surface area contributed by atoms with E-state index in [9.17, 15) is 10.2 Å². The van der Waals surface area contributed by atoms with E-state index in [0.29, 0.717) is 6.42 Å². The molecule has 30 heavy (non-hydrogen) atoms. The number of anilines is 1. The molecule has 0 saturated carbocycles. The normalized spacial score (nSPS) is 22.0. The van der Waals surface area contributed by atoms with Crippen molar-refractivity contribution in [1.82, 2.24) is 4.90 Å². The van der Waals surface area contributed by atoms with Crippen molar-refractivity contribution in [2.45, 2.75) is 63.5 Å². The van der Waals surface area contributed by atoms with Gasteiger partial charge in [-0.15, -0.1) is 0 Å². The fourth-order valence-electron chi connectivity index (χ4n) is 4.40. The van der Waals surface area contributed by atoms with Crippen LogP contribution in [-0.2, 0) is 0 Å². The number of benzene rings is 1. The zero-order valence-corrected chi connectivity index (χ0v) is 18.4. The van der Waals surface area contributed by atoms with Gasteiger partial charge >= 0.3 is 0 Å². The number of nitrogens with one attached hydrogen (secondary N) is 1. The van der Waals surface area contributed by atoms with Gasteiger partial charge in [-0.1, -0.05) is 31.1 Å². The molecule has 0 radical (unpaired) electrons. The summed E-state index contributed by atoms with van der Waals surface area (Å²) in [5.74, 6) is 0.889. The van der Waals surface area contributed by atoms with E-state index < -0.39 is 0 Å². The van der Waals surface area contributed by atoms with Gasteiger partial charge < -0.3 is 20.3 Å². The Bertz CT molecular complexity index is 716. The Balaban J connectivity index is 1.37. The van der Waals surface area contributed by atoms with Gasteiger partial charge in [0, 0.05) is 30.9 Å². The molecule has 5 nitrogen and oxygen atoms in total. The van der Waals surface area contributed by atoms with Gasteiger partial charge in [0.15, 0.2) is 0 Å². The van der Waals surface area contributed by atoms with Gasteiger partial charge in [0.1, 0.15) is 5.75 Å². The molecule has 1 aliphatic carbocycles. The van der Waals surface area contributed by atoms with Crippen LogP contribution in [0, 0.1) is 0 Å². The third-order valence-corrected chi connectivity index (χ3v) is 6.19. The van der Waals surface area contributed by atoms with Crippen LogP contribution in [-0.4, -0.2) is 60.6 Å². The zero-order chi connectivity index (χ0) is 21.2. The maximum absolute atomic E-state index is 9.76. The first-order valence-corrected chi connectivity index (χ1v) is 11.5. The van der Waals surface area contributed by atoms with E-state index in [0.717, 1.165) is 63.2 Å². The van der Waals surface area contributed by atoms with Crippen LogP contribution in [0.2, 0.25) is 0 Å². The number of piperidine rings is 1. The maximum Gasteiger partial charge on any atom is 0.121 e. The van der Waals surface area contributed by atoms with Crippen LogP contribution >= 0.6 is 0 Å². The molecule has 1 heterocycles. The molecule has 1 aromatic rings. The molecule has 3 N–H and O–H groups in total. The van der Waals surface area contributed by atoms with Gasteiger partial charge in [0.05, 0.1) is 19.8 Å².